The largest absolute Gasteiger partial charge is 0.496 e. The number of hydrogen-bond acceptors (Lipinski definition) is 2. The van der Waals surface area contributed by atoms with Gasteiger partial charge in [0, 0.05) is 23.2 Å². The third-order valence-electron chi connectivity index (χ3n) is 3.53. The molecular formula is C17H19F2NO. The van der Waals surface area contributed by atoms with E-state index in [9.17, 15) is 8.78 Å². The van der Waals surface area contributed by atoms with Crippen molar-refractivity contribution in [3.63, 3.8) is 0 Å². The Labute approximate surface area is 123 Å². The summed E-state index contributed by atoms with van der Waals surface area (Å²) in [4.78, 5) is 0. The zero-order chi connectivity index (χ0) is 15.4. The van der Waals surface area contributed by atoms with E-state index < -0.39 is 11.6 Å². The molecule has 0 radical (unpaired) electrons. The van der Waals surface area contributed by atoms with Gasteiger partial charge in [-0.2, -0.15) is 0 Å². The molecule has 0 amide bonds. The van der Waals surface area contributed by atoms with Crippen LogP contribution in [0.15, 0.2) is 42.5 Å². The fourth-order valence-corrected chi connectivity index (χ4v) is 2.43. The number of para-hydroxylation sites is 1. The number of hydrogen-bond donors (Lipinski definition) is 1. The second kappa shape index (κ2) is 6.68. The van der Waals surface area contributed by atoms with Crippen LogP contribution in [0, 0.1) is 11.6 Å². The van der Waals surface area contributed by atoms with E-state index in [-0.39, 0.29) is 12.1 Å². The van der Waals surface area contributed by atoms with Gasteiger partial charge in [-0.15, -0.1) is 0 Å². The van der Waals surface area contributed by atoms with Crippen molar-refractivity contribution >= 4 is 0 Å². The molecule has 0 saturated carbocycles. The molecule has 0 fully saturated rings. The van der Waals surface area contributed by atoms with E-state index in [0.717, 1.165) is 23.4 Å². The fraction of sp³-hybridized carbons (Fsp3) is 0.294. The monoisotopic (exact) mass is 291 g/mol. The van der Waals surface area contributed by atoms with Gasteiger partial charge in [0.25, 0.3) is 0 Å². The van der Waals surface area contributed by atoms with Gasteiger partial charge in [-0.1, -0.05) is 18.2 Å². The molecule has 0 aromatic heterocycles. The van der Waals surface area contributed by atoms with Crippen molar-refractivity contribution in [2.75, 3.05) is 7.11 Å². The Morgan fingerprint density at radius 1 is 0.952 bits per heavy atom. The molecule has 2 nitrogen and oxygen atoms in total. The van der Waals surface area contributed by atoms with Crippen molar-refractivity contribution in [2.24, 2.45) is 0 Å². The molecule has 0 aliphatic heterocycles. The van der Waals surface area contributed by atoms with Gasteiger partial charge in [-0.05, 0) is 38.1 Å². The van der Waals surface area contributed by atoms with Crippen LogP contribution in [0.25, 0.3) is 0 Å². The fourth-order valence-electron chi connectivity index (χ4n) is 2.43. The summed E-state index contributed by atoms with van der Waals surface area (Å²) < 4.78 is 32.4. The second-order valence-corrected chi connectivity index (χ2v) is 5.02. The Kier molecular flexibility index (Phi) is 4.91. The molecule has 21 heavy (non-hydrogen) atoms. The summed E-state index contributed by atoms with van der Waals surface area (Å²) in [6.07, 6.45) is 0. The van der Waals surface area contributed by atoms with Crippen LogP contribution in [0.4, 0.5) is 8.78 Å². The van der Waals surface area contributed by atoms with Gasteiger partial charge < -0.3 is 10.1 Å². The lowest BCUT2D eigenvalue weighted by molar-refractivity contribution is 0.395. The van der Waals surface area contributed by atoms with Gasteiger partial charge >= 0.3 is 0 Å². The molecule has 0 saturated heterocycles. The number of halogens is 2. The molecular weight excluding hydrogens is 272 g/mol. The molecule has 0 spiro atoms. The summed E-state index contributed by atoms with van der Waals surface area (Å²) in [6.45, 7) is 3.77. The van der Waals surface area contributed by atoms with E-state index in [2.05, 4.69) is 5.32 Å². The van der Waals surface area contributed by atoms with E-state index in [4.69, 9.17) is 4.74 Å². The van der Waals surface area contributed by atoms with Crippen molar-refractivity contribution in [1.82, 2.24) is 5.32 Å². The van der Waals surface area contributed by atoms with Crippen LogP contribution in [-0.4, -0.2) is 7.11 Å². The number of nitrogens with one attached hydrogen (secondary N) is 1. The number of ether oxygens (including phenoxy) is 1. The average Bonchev–Trinajstić information content (AvgIpc) is 2.49. The van der Waals surface area contributed by atoms with Gasteiger partial charge in [0.05, 0.1) is 7.11 Å². The predicted molar refractivity (Wildman–Crippen MR) is 79.3 cm³/mol. The highest BCUT2D eigenvalue weighted by Gasteiger charge is 2.17. The molecule has 0 aliphatic rings. The zero-order valence-corrected chi connectivity index (χ0v) is 12.4. The molecule has 0 aliphatic carbocycles. The molecule has 2 rings (SSSR count). The van der Waals surface area contributed by atoms with Crippen molar-refractivity contribution in [1.29, 1.82) is 0 Å². The Bertz CT molecular complexity index is 615. The summed E-state index contributed by atoms with van der Waals surface area (Å²) in [5.74, 6) is -0.0852. The van der Waals surface area contributed by atoms with Crippen LogP contribution in [0.3, 0.4) is 0 Å². The summed E-state index contributed by atoms with van der Waals surface area (Å²) >= 11 is 0. The van der Waals surface area contributed by atoms with Crippen LogP contribution in [0.2, 0.25) is 0 Å². The number of benzene rings is 2. The van der Waals surface area contributed by atoms with Gasteiger partial charge in [0.1, 0.15) is 17.4 Å². The molecule has 1 N–H and O–H groups in total. The molecule has 2 atom stereocenters. The van der Waals surface area contributed by atoms with Crippen molar-refractivity contribution in [3.8, 4) is 5.75 Å². The molecule has 2 aromatic carbocycles. The van der Waals surface area contributed by atoms with Crippen LogP contribution in [0.1, 0.15) is 37.1 Å². The van der Waals surface area contributed by atoms with Crippen molar-refractivity contribution in [2.45, 2.75) is 25.9 Å². The lowest BCUT2D eigenvalue weighted by Crippen LogP contribution is -2.23. The lowest BCUT2D eigenvalue weighted by atomic mass is 10.0. The lowest BCUT2D eigenvalue weighted by Gasteiger charge is -2.22. The van der Waals surface area contributed by atoms with E-state index in [0.29, 0.717) is 5.56 Å². The Morgan fingerprint density at radius 2 is 1.62 bits per heavy atom. The highest BCUT2D eigenvalue weighted by Crippen LogP contribution is 2.27. The first kappa shape index (κ1) is 15.4. The topological polar surface area (TPSA) is 21.3 Å². The highest BCUT2D eigenvalue weighted by atomic mass is 19.1. The maximum atomic E-state index is 13.8. The standard InChI is InChI=1S/C17H19F2NO/c1-11(14-6-4-5-7-17(14)21-3)20-12(2)15-10-13(18)8-9-16(15)19/h4-12,20H,1-3H3/t11-,12?/m0/s1. The molecule has 2 aromatic rings. The Hall–Kier alpha value is -1.94. The Morgan fingerprint density at radius 3 is 2.33 bits per heavy atom. The number of rotatable bonds is 5. The zero-order valence-electron chi connectivity index (χ0n) is 12.4. The van der Waals surface area contributed by atoms with Gasteiger partial charge in [0.2, 0.25) is 0 Å². The summed E-state index contributed by atoms with van der Waals surface area (Å²) in [5.41, 5.74) is 1.29. The third-order valence-corrected chi connectivity index (χ3v) is 3.53. The van der Waals surface area contributed by atoms with Gasteiger partial charge in [0.15, 0.2) is 0 Å². The van der Waals surface area contributed by atoms with Crippen molar-refractivity contribution in [3.05, 3.63) is 65.2 Å². The maximum Gasteiger partial charge on any atom is 0.128 e. The van der Waals surface area contributed by atoms with Crippen LogP contribution in [0.5, 0.6) is 5.75 Å². The van der Waals surface area contributed by atoms with Gasteiger partial charge in [-0.3, -0.25) is 0 Å². The minimum absolute atomic E-state index is 0.0567. The maximum absolute atomic E-state index is 13.8. The van der Waals surface area contributed by atoms with E-state index in [1.54, 1.807) is 7.11 Å². The van der Waals surface area contributed by atoms with E-state index >= 15 is 0 Å². The SMILES string of the molecule is COc1ccccc1[C@H](C)NC(C)c1cc(F)ccc1F. The molecule has 0 bridgehead atoms. The number of methoxy groups -OCH3 is 1. The van der Waals surface area contributed by atoms with E-state index in [1.165, 1.54) is 6.07 Å². The molecule has 0 heterocycles. The molecule has 4 heteroatoms. The predicted octanol–water partition coefficient (Wildman–Crippen LogP) is 4.39. The Balaban J connectivity index is 2.18. The average molecular weight is 291 g/mol. The minimum Gasteiger partial charge on any atom is -0.496 e. The second-order valence-electron chi connectivity index (χ2n) is 5.02. The van der Waals surface area contributed by atoms with Crippen LogP contribution >= 0.6 is 0 Å². The third kappa shape index (κ3) is 3.58. The van der Waals surface area contributed by atoms with Crippen LogP contribution in [-0.2, 0) is 0 Å². The molecule has 1 unspecified atom stereocenters. The summed E-state index contributed by atoms with van der Waals surface area (Å²) in [7, 11) is 1.61. The quantitative estimate of drug-likeness (QED) is 0.882. The smallest absolute Gasteiger partial charge is 0.128 e. The summed E-state index contributed by atoms with van der Waals surface area (Å²) in [6, 6.07) is 10.8. The molecule has 112 valence electrons. The first-order chi connectivity index (χ1) is 10.0. The van der Waals surface area contributed by atoms with E-state index in [1.807, 2.05) is 38.1 Å². The first-order valence-electron chi connectivity index (χ1n) is 6.87. The normalized spacial score (nSPS) is 13.8. The van der Waals surface area contributed by atoms with Crippen LogP contribution < -0.4 is 10.1 Å². The minimum atomic E-state index is -0.440. The van der Waals surface area contributed by atoms with Crippen molar-refractivity contribution < 1.29 is 13.5 Å². The summed E-state index contributed by atoms with van der Waals surface area (Å²) in [5, 5.41) is 3.27. The first-order valence-corrected chi connectivity index (χ1v) is 6.87. The van der Waals surface area contributed by atoms with Gasteiger partial charge in [-0.25, -0.2) is 8.78 Å². The highest BCUT2D eigenvalue weighted by molar-refractivity contribution is 5.35.